The van der Waals surface area contributed by atoms with Crippen LogP contribution in [0.2, 0.25) is 0 Å². The number of rotatable bonds is 6. The number of carbonyl (C=O) groups is 1. The molecule has 0 unspecified atom stereocenters. The molecule has 0 atom stereocenters. The highest BCUT2D eigenvalue weighted by atomic mass is 16.6. The van der Waals surface area contributed by atoms with Gasteiger partial charge in [0.1, 0.15) is 0 Å². The zero-order chi connectivity index (χ0) is 15.2. The van der Waals surface area contributed by atoms with Crippen molar-refractivity contribution in [3.05, 3.63) is 39.7 Å². The van der Waals surface area contributed by atoms with Gasteiger partial charge in [0.15, 0.2) is 5.82 Å². The van der Waals surface area contributed by atoms with E-state index in [-0.39, 0.29) is 17.8 Å². The normalized spacial score (nSPS) is 10.1. The largest absolute Gasteiger partial charge is 0.385 e. The van der Waals surface area contributed by atoms with Crippen LogP contribution in [0, 0.1) is 10.1 Å². The topological polar surface area (TPSA) is 139 Å². The van der Waals surface area contributed by atoms with Gasteiger partial charge < -0.3 is 10.6 Å². The monoisotopic (exact) mass is 291 g/mol. The molecule has 1 amide bonds. The summed E-state index contributed by atoms with van der Waals surface area (Å²) in [6.07, 6.45) is 0. The first-order chi connectivity index (χ1) is 10.1. The number of nitrogens with one attached hydrogen (secondary N) is 3. The summed E-state index contributed by atoms with van der Waals surface area (Å²) in [5, 5.41) is 29.4. The molecule has 3 N–H and O–H groups in total. The molecule has 0 bridgehead atoms. The minimum Gasteiger partial charge on any atom is -0.385 e. The third-order valence-electron chi connectivity index (χ3n) is 2.62. The van der Waals surface area contributed by atoms with Gasteiger partial charge in [-0.3, -0.25) is 14.9 Å². The molecular formula is C11H13N7O3. The number of carbonyl (C=O) groups excluding carboxylic acids is 1. The Hall–Kier alpha value is -3.04. The van der Waals surface area contributed by atoms with Crippen molar-refractivity contribution < 1.29 is 9.72 Å². The summed E-state index contributed by atoms with van der Waals surface area (Å²) in [7, 11) is 0. The molecule has 0 spiro atoms. The third-order valence-corrected chi connectivity index (χ3v) is 2.62. The zero-order valence-electron chi connectivity index (χ0n) is 11.2. The average molecular weight is 291 g/mol. The van der Waals surface area contributed by atoms with Crippen LogP contribution in [0.4, 0.5) is 11.4 Å². The maximum absolute atomic E-state index is 12.2. The summed E-state index contributed by atoms with van der Waals surface area (Å²) in [4.78, 5) is 22.4. The van der Waals surface area contributed by atoms with Crippen LogP contribution in [0.3, 0.4) is 0 Å². The highest BCUT2D eigenvalue weighted by Gasteiger charge is 2.16. The lowest BCUT2D eigenvalue weighted by molar-refractivity contribution is -0.384. The molecule has 2 aromatic rings. The maximum Gasteiger partial charge on any atom is 0.270 e. The molecule has 10 nitrogen and oxygen atoms in total. The standard InChI is InChI=1S/C11H13N7O3/c1-2-12-9-4-3-7(18(20)21)5-8(9)11(19)13-6-10-14-16-17-15-10/h3-5,12H,2,6H2,1H3,(H,13,19)(H,14,15,16,17). The number of nitrogens with zero attached hydrogens (tertiary/aromatic N) is 4. The molecule has 1 heterocycles. The van der Waals surface area contributed by atoms with E-state index in [1.165, 1.54) is 18.2 Å². The first kappa shape index (κ1) is 14.4. The minimum atomic E-state index is -0.550. The molecule has 2 rings (SSSR count). The fourth-order valence-electron chi connectivity index (χ4n) is 1.69. The van der Waals surface area contributed by atoms with Crippen molar-refractivity contribution in [2.24, 2.45) is 0 Å². The number of hydrogen-bond acceptors (Lipinski definition) is 7. The van der Waals surface area contributed by atoms with Crippen LogP contribution in [-0.4, -0.2) is 38.0 Å². The van der Waals surface area contributed by atoms with Crippen molar-refractivity contribution >= 4 is 17.3 Å². The highest BCUT2D eigenvalue weighted by molar-refractivity contribution is 6.00. The first-order valence-electron chi connectivity index (χ1n) is 6.14. The maximum atomic E-state index is 12.2. The van der Waals surface area contributed by atoms with E-state index in [2.05, 4.69) is 31.3 Å². The number of amides is 1. The van der Waals surface area contributed by atoms with E-state index in [9.17, 15) is 14.9 Å². The Bertz CT molecular complexity index is 641. The molecule has 0 aliphatic rings. The molecule has 0 fully saturated rings. The quantitative estimate of drug-likeness (QED) is 0.519. The van der Waals surface area contributed by atoms with Crippen LogP contribution in [-0.2, 0) is 6.54 Å². The SMILES string of the molecule is CCNc1ccc([N+](=O)[O-])cc1C(=O)NCc1nn[nH]n1. The van der Waals surface area contributed by atoms with E-state index in [1.54, 1.807) is 0 Å². The summed E-state index contributed by atoms with van der Waals surface area (Å²) in [6.45, 7) is 2.52. The van der Waals surface area contributed by atoms with E-state index >= 15 is 0 Å². The van der Waals surface area contributed by atoms with Crippen LogP contribution >= 0.6 is 0 Å². The van der Waals surface area contributed by atoms with E-state index in [0.29, 0.717) is 18.1 Å². The van der Waals surface area contributed by atoms with E-state index in [4.69, 9.17) is 0 Å². The number of aromatic amines is 1. The van der Waals surface area contributed by atoms with Crippen molar-refractivity contribution in [1.82, 2.24) is 25.9 Å². The van der Waals surface area contributed by atoms with Gasteiger partial charge in [-0.25, -0.2) is 0 Å². The second kappa shape index (κ2) is 6.41. The van der Waals surface area contributed by atoms with Gasteiger partial charge in [-0.05, 0) is 13.0 Å². The number of aromatic nitrogens is 4. The second-order valence-corrected chi connectivity index (χ2v) is 4.03. The van der Waals surface area contributed by atoms with E-state index < -0.39 is 10.8 Å². The molecule has 0 saturated heterocycles. The average Bonchev–Trinajstić information content (AvgIpc) is 2.98. The Morgan fingerprint density at radius 2 is 2.29 bits per heavy atom. The summed E-state index contributed by atoms with van der Waals surface area (Å²) < 4.78 is 0. The van der Waals surface area contributed by atoms with Crippen molar-refractivity contribution in [1.29, 1.82) is 0 Å². The Kier molecular flexibility index (Phi) is 4.39. The molecule has 110 valence electrons. The minimum absolute atomic E-state index is 0.0730. The van der Waals surface area contributed by atoms with Crippen LogP contribution in [0.1, 0.15) is 23.1 Å². The number of nitro benzene ring substituents is 1. The number of nitro groups is 1. The lowest BCUT2D eigenvalue weighted by Gasteiger charge is -2.10. The van der Waals surface area contributed by atoms with Crippen molar-refractivity contribution in [2.75, 3.05) is 11.9 Å². The molecule has 0 aliphatic heterocycles. The van der Waals surface area contributed by atoms with Gasteiger partial charge in [-0.1, -0.05) is 5.21 Å². The van der Waals surface area contributed by atoms with Gasteiger partial charge in [0, 0.05) is 24.4 Å². The van der Waals surface area contributed by atoms with Gasteiger partial charge in [0.05, 0.1) is 17.0 Å². The van der Waals surface area contributed by atoms with Crippen LogP contribution in [0.25, 0.3) is 0 Å². The summed E-state index contributed by atoms with van der Waals surface area (Å²) >= 11 is 0. The van der Waals surface area contributed by atoms with Gasteiger partial charge in [0.2, 0.25) is 0 Å². The fourth-order valence-corrected chi connectivity index (χ4v) is 1.69. The van der Waals surface area contributed by atoms with Crippen LogP contribution in [0.5, 0.6) is 0 Å². The van der Waals surface area contributed by atoms with Crippen LogP contribution < -0.4 is 10.6 Å². The van der Waals surface area contributed by atoms with Crippen molar-refractivity contribution in [3.8, 4) is 0 Å². The number of non-ortho nitro benzene ring substituents is 1. The molecule has 0 aliphatic carbocycles. The van der Waals surface area contributed by atoms with Gasteiger partial charge in [-0.2, -0.15) is 5.21 Å². The molecule has 1 aromatic carbocycles. The third kappa shape index (κ3) is 3.49. The number of H-pyrrole nitrogens is 1. The fraction of sp³-hybridized carbons (Fsp3) is 0.273. The van der Waals surface area contributed by atoms with E-state index in [1.807, 2.05) is 6.92 Å². The highest BCUT2D eigenvalue weighted by Crippen LogP contribution is 2.22. The Morgan fingerprint density at radius 1 is 1.48 bits per heavy atom. The second-order valence-electron chi connectivity index (χ2n) is 4.03. The molecular weight excluding hydrogens is 278 g/mol. The van der Waals surface area contributed by atoms with Gasteiger partial charge in [0.25, 0.3) is 11.6 Å². The predicted octanol–water partition coefficient (Wildman–Crippen LogP) is 0.470. The van der Waals surface area contributed by atoms with Gasteiger partial charge >= 0.3 is 0 Å². The number of benzene rings is 1. The Morgan fingerprint density at radius 3 is 2.90 bits per heavy atom. The van der Waals surface area contributed by atoms with Gasteiger partial charge in [-0.15, -0.1) is 10.2 Å². The molecule has 0 radical (unpaired) electrons. The zero-order valence-corrected chi connectivity index (χ0v) is 11.2. The van der Waals surface area contributed by atoms with Crippen LogP contribution in [0.15, 0.2) is 18.2 Å². The van der Waals surface area contributed by atoms with Crippen molar-refractivity contribution in [2.45, 2.75) is 13.5 Å². The first-order valence-corrected chi connectivity index (χ1v) is 6.14. The molecule has 0 saturated carbocycles. The number of tetrazole rings is 1. The summed E-state index contributed by atoms with van der Waals surface area (Å²) in [5.74, 6) is -0.141. The Balaban J connectivity index is 2.20. The number of hydrogen-bond donors (Lipinski definition) is 3. The summed E-state index contributed by atoms with van der Waals surface area (Å²) in [5.41, 5.74) is 0.560. The lowest BCUT2D eigenvalue weighted by Crippen LogP contribution is -2.24. The molecule has 21 heavy (non-hydrogen) atoms. The van der Waals surface area contributed by atoms with E-state index in [0.717, 1.165) is 0 Å². The molecule has 1 aromatic heterocycles. The predicted molar refractivity (Wildman–Crippen MR) is 72.6 cm³/mol. The smallest absolute Gasteiger partial charge is 0.270 e. The summed E-state index contributed by atoms with van der Waals surface area (Å²) in [6, 6.07) is 4.07. The lowest BCUT2D eigenvalue weighted by atomic mass is 10.1. The van der Waals surface area contributed by atoms with Crippen molar-refractivity contribution in [3.63, 3.8) is 0 Å². The molecule has 10 heteroatoms. The Labute approximate surface area is 119 Å². The number of anilines is 1.